The fraction of sp³-hybridized carbons (Fsp3) is 0.200. The van der Waals surface area contributed by atoms with Gasteiger partial charge in [-0.25, -0.2) is 4.79 Å². The number of fused-ring (bicyclic) bond motifs is 1. The van der Waals surface area contributed by atoms with Gasteiger partial charge in [-0.15, -0.1) is 0 Å². The first-order valence-corrected chi connectivity index (χ1v) is 11.8. The Kier molecular flexibility index (Phi) is 6.23. The molecule has 0 aliphatic carbocycles. The zero-order valence-electron chi connectivity index (χ0n) is 19.6. The molecule has 1 fully saturated rings. The summed E-state index contributed by atoms with van der Waals surface area (Å²) in [7, 11) is 1.35. The third-order valence-electron chi connectivity index (χ3n) is 6.67. The molecule has 3 aromatic carbocycles. The molecule has 2 aliphatic rings. The van der Waals surface area contributed by atoms with Crippen molar-refractivity contribution in [2.24, 2.45) is 0 Å². The summed E-state index contributed by atoms with van der Waals surface area (Å²) in [5.41, 5.74) is 4.40. The third-order valence-corrected chi connectivity index (χ3v) is 6.67. The maximum Gasteiger partial charge on any atom is 0.337 e. The molecule has 0 unspecified atom stereocenters. The number of ether oxygens (including phenoxy) is 2. The van der Waals surface area contributed by atoms with Crippen LogP contribution >= 0.6 is 0 Å². The maximum atomic E-state index is 12.7. The van der Waals surface area contributed by atoms with E-state index in [1.807, 2.05) is 23.1 Å². The van der Waals surface area contributed by atoms with Crippen molar-refractivity contribution in [1.82, 2.24) is 4.90 Å². The molecule has 5 nitrogen and oxygen atoms in total. The lowest BCUT2D eigenvalue weighted by Crippen LogP contribution is -2.49. The van der Waals surface area contributed by atoms with Gasteiger partial charge in [0.2, 0.25) is 5.91 Å². The van der Waals surface area contributed by atoms with E-state index in [0.29, 0.717) is 18.7 Å². The summed E-state index contributed by atoms with van der Waals surface area (Å²) in [4.78, 5) is 26.1. The number of piperidine rings is 1. The number of benzene rings is 3. The lowest BCUT2D eigenvalue weighted by atomic mass is 9.87. The van der Waals surface area contributed by atoms with E-state index in [1.54, 1.807) is 36.4 Å². The van der Waals surface area contributed by atoms with Crippen molar-refractivity contribution in [1.29, 1.82) is 0 Å². The van der Waals surface area contributed by atoms with Gasteiger partial charge in [0.25, 0.3) is 0 Å². The Balaban J connectivity index is 1.20. The Hall–Kier alpha value is -4.12. The summed E-state index contributed by atoms with van der Waals surface area (Å²) in [6.07, 6.45) is 9.16. The fourth-order valence-electron chi connectivity index (χ4n) is 4.57. The van der Waals surface area contributed by atoms with Crippen LogP contribution in [0.3, 0.4) is 0 Å². The van der Waals surface area contributed by atoms with Crippen LogP contribution in [0.4, 0.5) is 0 Å². The molecular formula is C30H27NO4. The average Bonchev–Trinajstić information content (AvgIpc) is 2.92. The Morgan fingerprint density at radius 2 is 1.69 bits per heavy atom. The molecule has 0 aromatic heterocycles. The summed E-state index contributed by atoms with van der Waals surface area (Å²) in [6, 6.07) is 23.6. The van der Waals surface area contributed by atoms with Crippen molar-refractivity contribution in [3.63, 3.8) is 0 Å². The molecule has 1 amide bonds. The summed E-state index contributed by atoms with van der Waals surface area (Å²) in [5.74, 6) is 0.490. The van der Waals surface area contributed by atoms with Gasteiger partial charge in [0, 0.05) is 37.6 Å². The Bertz CT molecular complexity index is 1280. The number of carbonyl (C=O) groups excluding carboxylic acids is 2. The minimum absolute atomic E-state index is 0.0235. The topological polar surface area (TPSA) is 55.8 Å². The molecule has 0 saturated carbocycles. The Labute approximate surface area is 205 Å². The Morgan fingerprint density at radius 1 is 0.943 bits per heavy atom. The molecule has 176 valence electrons. The lowest BCUT2D eigenvalue weighted by Gasteiger charge is -2.41. The van der Waals surface area contributed by atoms with E-state index in [9.17, 15) is 9.59 Å². The quantitative estimate of drug-likeness (QED) is 0.371. The van der Waals surface area contributed by atoms with Gasteiger partial charge in [-0.2, -0.15) is 0 Å². The number of nitrogens with zero attached hydrogens (tertiary/aromatic N) is 1. The molecule has 5 heteroatoms. The SMILES string of the molecule is COC(=O)c1ccc(/C=C/C(=O)N2CCC3(C=Cc4cc(-c5ccccc5)ccc4O3)CC2)cc1. The van der Waals surface area contributed by atoms with Gasteiger partial charge >= 0.3 is 5.97 Å². The van der Waals surface area contributed by atoms with Gasteiger partial charge in [-0.3, -0.25) is 4.79 Å². The van der Waals surface area contributed by atoms with Crippen LogP contribution < -0.4 is 4.74 Å². The molecule has 1 spiro atoms. The van der Waals surface area contributed by atoms with E-state index in [-0.39, 0.29) is 17.5 Å². The van der Waals surface area contributed by atoms with Crippen molar-refractivity contribution in [3.05, 3.63) is 102 Å². The van der Waals surface area contributed by atoms with Crippen LogP contribution in [0.2, 0.25) is 0 Å². The molecule has 2 heterocycles. The van der Waals surface area contributed by atoms with Gasteiger partial charge in [0.1, 0.15) is 11.4 Å². The van der Waals surface area contributed by atoms with Gasteiger partial charge in [-0.1, -0.05) is 54.6 Å². The highest BCUT2D eigenvalue weighted by Gasteiger charge is 2.37. The fourth-order valence-corrected chi connectivity index (χ4v) is 4.57. The number of esters is 1. The number of hydrogen-bond donors (Lipinski definition) is 0. The largest absolute Gasteiger partial charge is 0.482 e. The standard InChI is InChI=1S/C30H27NO4/c1-34-29(33)24-10-7-22(8-11-24)9-14-28(32)31-19-17-30(18-20-31)16-15-26-21-25(12-13-27(26)35-30)23-5-3-2-4-6-23/h2-16,21H,17-20H2,1H3/b14-9+. The molecule has 0 radical (unpaired) electrons. The van der Waals surface area contributed by atoms with E-state index in [4.69, 9.17) is 9.47 Å². The van der Waals surface area contributed by atoms with Crippen molar-refractivity contribution in [2.45, 2.75) is 18.4 Å². The molecule has 0 N–H and O–H groups in total. The van der Waals surface area contributed by atoms with Gasteiger partial charge in [-0.05, 0) is 53.1 Å². The molecule has 2 aliphatic heterocycles. The molecule has 3 aromatic rings. The van der Waals surface area contributed by atoms with Crippen LogP contribution in [-0.4, -0.2) is 42.6 Å². The zero-order valence-corrected chi connectivity index (χ0v) is 19.6. The normalized spacial score (nSPS) is 16.1. The number of carbonyl (C=O) groups is 2. The second-order valence-corrected chi connectivity index (χ2v) is 8.89. The number of rotatable bonds is 4. The van der Waals surface area contributed by atoms with E-state index < -0.39 is 0 Å². The van der Waals surface area contributed by atoms with Crippen molar-refractivity contribution in [2.75, 3.05) is 20.2 Å². The average molecular weight is 466 g/mol. The van der Waals surface area contributed by atoms with Crippen LogP contribution in [0.5, 0.6) is 5.75 Å². The predicted molar refractivity (Wildman–Crippen MR) is 137 cm³/mol. The predicted octanol–water partition coefficient (Wildman–Crippen LogP) is 5.62. The van der Waals surface area contributed by atoms with Crippen LogP contribution in [0, 0.1) is 0 Å². The Morgan fingerprint density at radius 3 is 2.40 bits per heavy atom. The van der Waals surface area contributed by atoms with Crippen molar-refractivity contribution < 1.29 is 19.1 Å². The molecule has 35 heavy (non-hydrogen) atoms. The van der Waals surface area contributed by atoms with Gasteiger partial charge in [0.15, 0.2) is 0 Å². The summed E-state index contributed by atoms with van der Waals surface area (Å²) in [6.45, 7) is 1.26. The zero-order chi connectivity index (χ0) is 24.3. The minimum Gasteiger partial charge on any atom is -0.482 e. The highest BCUT2D eigenvalue weighted by molar-refractivity contribution is 5.92. The van der Waals surface area contributed by atoms with Crippen molar-refractivity contribution in [3.8, 4) is 16.9 Å². The van der Waals surface area contributed by atoms with Gasteiger partial charge < -0.3 is 14.4 Å². The number of methoxy groups -OCH3 is 1. The van der Waals surface area contributed by atoms with E-state index in [2.05, 4.69) is 42.5 Å². The van der Waals surface area contributed by atoms with Crippen LogP contribution in [0.25, 0.3) is 23.3 Å². The highest BCUT2D eigenvalue weighted by atomic mass is 16.5. The van der Waals surface area contributed by atoms with Crippen LogP contribution in [0.15, 0.2) is 84.9 Å². The van der Waals surface area contributed by atoms with E-state index in [0.717, 1.165) is 29.7 Å². The molecule has 0 bridgehead atoms. The number of likely N-dealkylation sites (tertiary alicyclic amines) is 1. The van der Waals surface area contributed by atoms with Crippen molar-refractivity contribution >= 4 is 24.0 Å². The first-order chi connectivity index (χ1) is 17.0. The highest BCUT2D eigenvalue weighted by Crippen LogP contribution is 2.38. The smallest absolute Gasteiger partial charge is 0.337 e. The van der Waals surface area contributed by atoms with E-state index >= 15 is 0 Å². The first kappa shape index (κ1) is 22.7. The molecule has 0 atom stereocenters. The minimum atomic E-state index is -0.378. The number of hydrogen-bond acceptors (Lipinski definition) is 4. The first-order valence-electron chi connectivity index (χ1n) is 11.8. The second kappa shape index (κ2) is 9.63. The van der Waals surface area contributed by atoms with Crippen LogP contribution in [0.1, 0.15) is 34.3 Å². The summed E-state index contributed by atoms with van der Waals surface area (Å²) in [5, 5.41) is 0. The van der Waals surface area contributed by atoms with E-state index in [1.165, 1.54) is 18.2 Å². The summed E-state index contributed by atoms with van der Waals surface area (Å²) >= 11 is 0. The summed E-state index contributed by atoms with van der Waals surface area (Å²) < 4.78 is 11.2. The maximum absolute atomic E-state index is 12.7. The molecule has 5 rings (SSSR count). The molecular weight excluding hydrogens is 438 g/mol. The van der Waals surface area contributed by atoms with Crippen LogP contribution in [-0.2, 0) is 9.53 Å². The third kappa shape index (κ3) is 4.90. The lowest BCUT2D eigenvalue weighted by molar-refractivity contribution is -0.128. The monoisotopic (exact) mass is 465 g/mol. The van der Waals surface area contributed by atoms with Gasteiger partial charge in [0.05, 0.1) is 12.7 Å². The second-order valence-electron chi connectivity index (χ2n) is 8.89. The molecule has 1 saturated heterocycles. The number of amides is 1.